The van der Waals surface area contributed by atoms with Gasteiger partial charge in [-0.05, 0) is 118 Å². The zero-order valence-corrected chi connectivity index (χ0v) is 27.4. The third-order valence-corrected chi connectivity index (χ3v) is 7.05. The lowest BCUT2D eigenvalue weighted by Crippen LogP contribution is -2.06. The highest BCUT2D eigenvalue weighted by molar-refractivity contribution is 9.10. The maximum atomic E-state index is 11.9. The first-order valence-corrected chi connectivity index (χ1v) is 14.9. The van der Waals surface area contributed by atoms with Gasteiger partial charge in [-0.2, -0.15) is 5.26 Å². The first-order valence-electron chi connectivity index (χ1n) is 13.0. The smallest absolute Gasteiger partial charge is 0.173 e. The molecule has 2 N–H and O–H groups in total. The van der Waals surface area contributed by atoms with Crippen molar-refractivity contribution in [3.63, 3.8) is 0 Å². The third kappa shape index (κ3) is 10.3. The number of benzene rings is 4. The molecule has 41 heavy (non-hydrogen) atoms. The summed E-state index contributed by atoms with van der Waals surface area (Å²) in [5.41, 5.74) is 9.73. The van der Waals surface area contributed by atoms with Gasteiger partial charge in [-0.25, -0.2) is 0 Å². The topological polar surface area (TPSA) is 82.0 Å². The Hall–Kier alpha value is -3.73. The van der Waals surface area contributed by atoms with Crippen molar-refractivity contribution in [1.29, 1.82) is 5.26 Å². The van der Waals surface area contributed by atoms with Crippen molar-refractivity contribution < 1.29 is 9.59 Å². The summed E-state index contributed by atoms with van der Waals surface area (Å²) in [7, 11) is 0. The molecule has 0 saturated carbocycles. The van der Waals surface area contributed by atoms with E-state index in [0.717, 1.165) is 60.6 Å². The lowest BCUT2D eigenvalue weighted by atomic mass is 9.99. The normalized spacial score (nSPS) is 9.73. The molecule has 0 aliphatic heterocycles. The average molecular weight is 677 g/mol. The van der Waals surface area contributed by atoms with Gasteiger partial charge in [-0.15, -0.1) is 0 Å². The Balaban J connectivity index is 0.000000263. The van der Waals surface area contributed by atoms with Crippen LogP contribution in [0.2, 0.25) is 0 Å². The van der Waals surface area contributed by atoms with Crippen LogP contribution in [0.5, 0.6) is 0 Å². The van der Waals surface area contributed by atoms with E-state index in [1.807, 2.05) is 107 Å². The number of nitrogens with one attached hydrogen (secondary N) is 2. The Morgan fingerprint density at radius 2 is 1.10 bits per heavy atom. The van der Waals surface area contributed by atoms with E-state index in [1.165, 1.54) is 6.92 Å². The monoisotopic (exact) mass is 675 g/mol. The van der Waals surface area contributed by atoms with Crippen LogP contribution in [0, 0.1) is 39.0 Å². The maximum absolute atomic E-state index is 11.9. The molecule has 212 valence electrons. The summed E-state index contributed by atoms with van der Waals surface area (Å²) in [5.74, 6) is 0.242. The van der Waals surface area contributed by atoms with Crippen LogP contribution in [0.1, 0.15) is 56.8 Å². The number of carbonyl (C=O) groups is 2. The molecule has 0 bridgehead atoms. The van der Waals surface area contributed by atoms with Gasteiger partial charge in [0.25, 0.3) is 0 Å². The molecule has 0 heterocycles. The number of anilines is 4. The Bertz CT molecular complexity index is 1480. The number of halogens is 2. The van der Waals surface area contributed by atoms with Crippen LogP contribution >= 0.6 is 31.9 Å². The van der Waals surface area contributed by atoms with Crippen molar-refractivity contribution in [2.24, 2.45) is 0 Å². The molecular weight excluding hydrogens is 642 g/mol. The van der Waals surface area contributed by atoms with E-state index in [1.54, 1.807) is 13.0 Å². The van der Waals surface area contributed by atoms with Crippen LogP contribution < -0.4 is 10.6 Å². The van der Waals surface area contributed by atoms with Gasteiger partial charge in [0.15, 0.2) is 11.6 Å². The Kier molecular flexibility index (Phi) is 13.5. The van der Waals surface area contributed by atoms with E-state index in [9.17, 15) is 9.59 Å². The summed E-state index contributed by atoms with van der Waals surface area (Å²) in [6.07, 6.45) is 0. The number of rotatable bonds is 7. The molecule has 0 spiro atoms. The van der Waals surface area contributed by atoms with Gasteiger partial charge in [0.2, 0.25) is 0 Å². The van der Waals surface area contributed by atoms with E-state index < -0.39 is 0 Å². The number of ketones is 2. The quantitative estimate of drug-likeness (QED) is 0.150. The largest absolute Gasteiger partial charge is 0.356 e. The number of nitriles is 1. The van der Waals surface area contributed by atoms with Gasteiger partial charge in [-0.3, -0.25) is 9.59 Å². The van der Waals surface area contributed by atoms with Crippen LogP contribution in [0.3, 0.4) is 0 Å². The highest BCUT2D eigenvalue weighted by atomic mass is 79.9. The molecule has 7 heteroatoms. The van der Waals surface area contributed by atoms with Crippen LogP contribution in [-0.4, -0.2) is 16.9 Å². The summed E-state index contributed by atoms with van der Waals surface area (Å²) in [5, 5.41) is 14.4. The third-order valence-electron chi connectivity index (χ3n) is 6.01. The molecule has 0 aromatic heterocycles. The lowest BCUT2D eigenvalue weighted by molar-refractivity contribution is 0.101. The molecule has 5 nitrogen and oxygen atoms in total. The Morgan fingerprint density at radius 3 is 1.49 bits per heavy atom. The molecule has 0 fully saturated rings. The summed E-state index contributed by atoms with van der Waals surface area (Å²) in [6, 6.07) is 27.8. The van der Waals surface area contributed by atoms with Crippen molar-refractivity contribution >= 4 is 66.2 Å². The minimum Gasteiger partial charge on any atom is -0.356 e. The van der Waals surface area contributed by atoms with E-state index in [-0.39, 0.29) is 11.6 Å². The lowest BCUT2D eigenvalue weighted by Gasteiger charge is -2.13. The highest BCUT2D eigenvalue weighted by Gasteiger charge is 2.12. The molecule has 0 aliphatic carbocycles. The summed E-state index contributed by atoms with van der Waals surface area (Å²) in [6.45, 7) is 10.9. The van der Waals surface area contributed by atoms with Crippen LogP contribution in [-0.2, 0) is 0 Å². The predicted octanol–water partition coefficient (Wildman–Crippen LogP) is 10.2. The molecule has 4 aromatic carbocycles. The Morgan fingerprint density at radius 1 is 0.707 bits per heavy atom. The molecule has 0 atom stereocenters. The van der Waals surface area contributed by atoms with Gasteiger partial charge in [0, 0.05) is 45.3 Å². The molecule has 0 aliphatic rings. The van der Waals surface area contributed by atoms with Crippen molar-refractivity contribution in [3.8, 4) is 6.07 Å². The number of carbonyl (C=O) groups excluding carboxylic acids is 2. The summed E-state index contributed by atoms with van der Waals surface area (Å²) in [4.78, 5) is 23.4. The van der Waals surface area contributed by atoms with Crippen molar-refractivity contribution in [1.82, 2.24) is 0 Å². The molecule has 0 amide bonds. The first-order chi connectivity index (χ1) is 19.5. The second-order valence-corrected chi connectivity index (χ2v) is 10.9. The summed E-state index contributed by atoms with van der Waals surface area (Å²) < 4.78 is 1.05. The van der Waals surface area contributed by atoms with Gasteiger partial charge in [0.05, 0.1) is 11.4 Å². The highest BCUT2D eigenvalue weighted by Crippen LogP contribution is 2.26. The SMILES string of the molecule is CC#N.CC(=O)c1c(C)cc(Nc2ccccc2)cc1C.Cc1cc(Nc2ccc(Br)cc2)cc(C)c1C(=O)CBr. The second-order valence-electron chi connectivity index (χ2n) is 9.43. The van der Waals surface area contributed by atoms with Gasteiger partial charge >= 0.3 is 0 Å². The fraction of sp³-hybridized carbons (Fsp3) is 0.206. The van der Waals surface area contributed by atoms with E-state index in [0.29, 0.717) is 5.33 Å². The zero-order valence-electron chi connectivity index (χ0n) is 24.2. The Labute approximate surface area is 260 Å². The van der Waals surface area contributed by atoms with E-state index >= 15 is 0 Å². The van der Waals surface area contributed by atoms with Crippen LogP contribution in [0.15, 0.2) is 83.3 Å². The number of hydrogen-bond donors (Lipinski definition) is 2. The number of para-hydroxylation sites is 1. The number of nitrogens with zero attached hydrogens (tertiary/aromatic N) is 1. The minimum atomic E-state index is 0.121. The minimum absolute atomic E-state index is 0.121. The predicted molar refractivity (Wildman–Crippen MR) is 178 cm³/mol. The van der Waals surface area contributed by atoms with E-state index in [4.69, 9.17) is 5.26 Å². The zero-order chi connectivity index (χ0) is 30.5. The summed E-state index contributed by atoms with van der Waals surface area (Å²) >= 11 is 6.65. The first kappa shape index (κ1) is 33.5. The molecule has 0 unspecified atom stereocenters. The fourth-order valence-electron chi connectivity index (χ4n) is 4.52. The van der Waals surface area contributed by atoms with Crippen LogP contribution in [0.4, 0.5) is 22.7 Å². The molecule has 4 aromatic rings. The molecule has 0 saturated heterocycles. The number of hydrogen-bond acceptors (Lipinski definition) is 5. The number of alkyl halides is 1. The maximum Gasteiger partial charge on any atom is 0.173 e. The number of aryl methyl sites for hydroxylation is 4. The fourth-order valence-corrected chi connectivity index (χ4v) is 5.07. The molecular formula is C34H35Br2N3O2. The van der Waals surface area contributed by atoms with Crippen molar-refractivity contribution in [3.05, 3.63) is 117 Å². The standard InChI is InChI=1S/C16H15Br2NO.C16H17NO.C2H3N/c1-10-7-14(8-11(2)16(10)15(20)9-17)19-13-5-3-12(18)4-6-13;1-11-9-15(10-12(2)16(11)13(3)18)17-14-7-5-4-6-8-14;1-2-3/h3-8,19H,9H2,1-2H3;4-10,17H,1-3H3;1H3. The van der Waals surface area contributed by atoms with Crippen molar-refractivity contribution in [2.45, 2.75) is 41.5 Å². The van der Waals surface area contributed by atoms with Crippen LogP contribution in [0.25, 0.3) is 0 Å². The van der Waals surface area contributed by atoms with Gasteiger partial charge in [-0.1, -0.05) is 50.1 Å². The van der Waals surface area contributed by atoms with Gasteiger partial charge in [0.1, 0.15) is 0 Å². The van der Waals surface area contributed by atoms with Crippen molar-refractivity contribution in [2.75, 3.05) is 16.0 Å². The second kappa shape index (κ2) is 16.5. The molecule has 0 radical (unpaired) electrons. The van der Waals surface area contributed by atoms with Gasteiger partial charge < -0.3 is 10.6 Å². The van der Waals surface area contributed by atoms with E-state index in [2.05, 4.69) is 42.5 Å². The number of Topliss-reactive ketones (excluding diaryl/α,β-unsaturated/α-hetero) is 2. The molecule has 4 rings (SSSR count). The average Bonchev–Trinajstić information content (AvgIpc) is 2.90.